The zero-order chi connectivity index (χ0) is 17.4. The Morgan fingerprint density at radius 3 is 2.32 bits per heavy atom. The number of hydrogen-bond donors (Lipinski definition) is 1. The first-order valence-electron chi connectivity index (χ1n) is 8.17. The second-order valence-corrected chi connectivity index (χ2v) is 8.49. The summed E-state index contributed by atoms with van der Waals surface area (Å²) in [7, 11) is -3.88. The molecular weight excluding hydrogens is 377 g/mol. The fraction of sp³-hybridized carbons (Fsp3) is 0.625. The number of benzene rings is 1. The normalized spacial score (nSPS) is 20.3. The molecule has 1 saturated carbocycles. The fourth-order valence-electron chi connectivity index (χ4n) is 2.94. The van der Waals surface area contributed by atoms with Crippen LogP contribution in [0.3, 0.4) is 0 Å². The molecule has 0 unspecified atom stereocenters. The van der Waals surface area contributed by atoms with Gasteiger partial charge in [-0.3, -0.25) is 0 Å². The molecule has 0 radical (unpaired) electrons. The minimum Gasteiger partial charge on any atom is -0.314 e. The maximum atomic E-state index is 12.8. The van der Waals surface area contributed by atoms with Crippen LogP contribution >= 0.6 is 12.4 Å². The molecule has 1 aromatic rings. The highest BCUT2D eigenvalue weighted by Gasteiger charge is 2.34. The Morgan fingerprint density at radius 1 is 1.12 bits per heavy atom. The van der Waals surface area contributed by atoms with Crippen molar-refractivity contribution in [3.05, 3.63) is 29.8 Å². The topological polar surface area (TPSA) is 49.4 Å². The zero-order valence-electron chi connectivity index (χ0n) is 13.6. The van der Waals surface area contributed by atoms with E-state index in [0.29, 0.717) is 38.0 Å². The predicted molar refractivity (Wildman–Crippen MR) is 91.2 cm³/mol. The van der Waals surface area contributed by atoms with Crippen molar-refractivity contribution in [1.82, 2.24) is 9.62 Å². The van der Waals surface area contributed by atoms with E-state index in [0.717, 1.165) is 24.6 Å². The molecule has 2 fully saturated rings. The van der Waals surface area contributed by atoms with Gasteiger partial charge in [0, 0.05) is 19.1 Å². The molecule has 1 aliphatic carbocycles. The molecule has 142 valence electrons. The molecule has 3 rings (SSSR count). The lowest BCUT2D eigenvalue weighted by atomic mass is 10.1. The average Bonchev–Trinajstić information content (AvgIpc) is 3.37. The second kappa shape index (κ2) is 7.82. The SMILES string of the molecule is Cl.O=S(=O)(c1cccc(C(F)(F)F)c1)N1CCC(NCC2CC2)CC1. The third-order valence-electron chi connectivity index (χ3n) is 4.65. The maximum Gasteiger partial charge on any atom is 0.416 e. The van der Waals surface area contributed by atoms with Gasteiger partial charge in [0.15, 0.2) is 0 Å². The van der Waals surface area contributed by atoms with Gasteiger partial charge in [-0.2, -0.15) is 17.5 Å². The number of halogens is 4. The lowest BCUT2D eigenvalue weighted by molar-refractivity contribution is -0.137. The van der Waals surface area contributed by atoms with Crippen molar-refractivity contribution in [3.63, 3.8) is 0 Å². The number of hydrogen-bond acceptors (Lipinski definition) is 3. The molecule has 0 amide bonds. The van der Waals surface area contributed by atoms with Crippen molar-refractivity contribution in [2.75, 3.05) is 19.6 Å². The third-order valence-corrected chi connectivity index (χ3v) is 6.54. The van der Waals surface area contributed by atoms with Gasteiger partial charge in [0.2, 0.25) is 10.0 Å². The molecule has 0 aromatic heterocycles. The number of piperidine rings is 1. The summed E-state index contributed by atoms with van der Waals surface area (Å²) in [6.45, 7) is 1.65. The first-order valence-corrected chi connectivity index (χ1v) is 9.61. The minimum atomic E-state index is -4.55. The Labute approximate surface area is 152 Å². The number of rotatable bonds is 5. The van der Waals surface area contributed by atoms with Gasteiger partial charge in [0.25, 0.3) is 0 Å². The monoisotopic (exact) mass is 398 g/mol. The lowest BCUT2D eigenvalue weighted by Crippen LogP contribution is -2.45. The smallest absolute Gasteiger partial charge is 0.314 e. The molecule has 1 aliphatic heterocycles. The molecule has 2 aliphatic rings. The van der Waals surface area contributed by atoms with Gasteiger partial charge in [-0.1, -0.05) is 6.07 Å². The number of nitrogens with one attached hydrogen (secondary N) is 1. The summed E-state index contributed by atoms with van der Waals surface area (Å²) in [6, 6.07) is 4.25. The molecule has 0 bridgehead atoms. The van der Waals surface area contributed by atoms with E-state index in [1.807, 2.05) is 0 Å². The summed E-state index contributed by atoms with van der Waals surface area (Å²) in [5.74, 6) is 0.761. The van der Waals surface area contributed by atoms with Gasteiger partial charge in [0.05, 0.1) is 10.5 Å². The molecule has 1 heterocycles. The van der Waals surface area contributed by atoms with E-state index in [1.54, 1.807) is 0 Å². The van der Waals surface area contributed by atoms with E-state index in [2.05, 4.69) is 5.32 Å². The van der Waals surface area contributed by atoms with Gasteiger partial charge in [0.1, 0.15) is 0 Å². The predicted octanol–water partition coefficient (Wildman–Crippen LogP) is 3.28. The summed E-state index contributed by atoms with van der Waals surface area (Å²) in [4.78, 5) is -0.290. The third kappa shape index (κ3) is 5.09. The van der Waals surface area contributed by atoms with Crippen LogP contribution in [-0.4, -0.2) is 38.4 Å². The number of nitrogens with zero attached hydrogens (tertiary/aromatic N) is 1. The van der Waals surface area contributed by atoms with Gasteiger partial charge in [-0.25, -0.2) is 8.42 Å². The summed E-state index contributed by atoms with van der Waals surface area (Å²) in [5.41, 5.74) is -0.940. The molecule has 0 atom stereocenters. The van der Waals surface area contributed by atoms with Crippen molar-refractivity contribution < 1.29 is 21.6 Å². The van der Waals surface area contributed by atoms with Crippen molar-refractivity contribution in [1.29, 1.82) is 0 Å². The standard InChI is InChI=1S/C16H21F3N2O2S.ClH/c17-16(18,19)13-2-1-3-15(10-13)24(22,23)21-8-6-14(7-9-21)20-11-12-4-5-12;/h1-3,10,12,14,20H,4-9,11H2;1H. The number of sulfonamides is 1. The van der Waals surface area contributed by atoms with Crippen LogP contribution in [0.1, 0.15) is 31.2 Å². The lowest BCUT2D eigenvalue weighted by Gasteiger charge is -2.31. The van der Waals surface area contributed by atoms with Crippen molar-refractivity contribution >= 4 is 22.4 Å². The van der Waals surface area contributed by atoms with E-state index in [-0.39, 0.29) is 17.3 Å². The van der Waals surface area contributed by atoms with Crippen LogP contribution in [0.4, 0.5) is 13.2 Å². The molecule has 4 nitrogen and oxygen atoms in total. The van der Waals surface area contributed by atoms with E-state index in [4.69, 9.17) is 0 Å². The Balaban J connectivity index is 0.00000225. The summed E-state index contributed by atoms with van der Waals surface area (Å²) >= 11 is 0. The Kier molecular flexibility index (Phi) is 6.40. The van der Waals surface area contributed by atoms with Crippen LogP contribution in [0.5, 0.6) is 0 Å². The maximum absolute atomic E-state index is 12.8. The molecule has 0 spiro atoms. The first-order chi connectivity index (χ1) is 11.3. The van der Waals surface area contributed by atoms with Gasteiger partial charge >= 0.3 is 6.18 Å². The zero-order valence-corrected chi connectivity index (χ0v) is 15.3. The molecule has 1 aromatic carbocycles. The summed E-state index contributed by atoms with van der Waals surface area (Å²) in [5, 5.41) is 3.45. The molecule has 1 N–H and O–H groups in total. The average molecular weight is 399 g/mol. The largest absolute Gasteiger partial charge is 0.416 e. The van der Waals surface area contributed by atoms with Gasteiger partial charge in [-0.15, -0.1) is 12.4 Å². The Hall–Kier alpha value is -0.830. The van der Waals surface area contributed by atoms with E-state index >= 15 is 0 Å². The molecule has 9 heteroatoms. The Bertz CT molecular complexity index is 685. The molecule has 1 saturated heterocycles. The van der Waals surface area contributed by atoms with Crippen LogP contribution < -0.4 is 5.32 Å². The first kappa shape index (κ1) is 20.5. The highest BCUT2D eigenvalue weighted by Crippen LogP contribution is 2.32. The molecule has 25 heavy (non-hydrogen) atoms. The Morgan fingerprint density at radius 2 is 1.76 bits per heavy atom. The van der Waals surface area contributed by atoms with E-state index in [1.165, 1.54) is 23.2 Å². The number of alkyl halides is 3. The highest BCUT2D eigenvalue weighted by atomic mass is 35.5. The quantitative estimate of drug-likeness (QED) is 0.828. The fourth-order valence-corrected chi connectivity index (χ4v) is 4.45. The van der Waals surface area contributed by atoms with Crippen LogP contribution in [0.25, 0.3) is 0 Å². The van der Waals surface area contributed by atoms with Crippen molar-refractivity contribution in [2.24, 2.45) is 5.92 Å². The second-order valence-electron chi connectivity index (χ2n) is 6.56. The van der Waals surface area contributed by atoms with Crippen molar-refractivity contribution in [3.8, 4) is 0 Å². The van der Waals surface area contributed by atoms with Gasteiger partial charge < -0.3 is 5.32 Å². The van der Waals surface area contributed by atoms with Gasteiger partial charge in [-0.05, 0) is 56.3 Å². The highest BCUT2D eigenvalue weighted by molar-refractivity contribution is 7.89. The summed E-state index contributed by atoms with van der Waals surface area (Å²) < 4.78 is 64.8. The molecular formula is C16H22ClF3N2O2S. The minimum absolute atomic E-state index is 0. The summed E-state index contributed by atoms with van der Waals surface area (Å²) in [6.07, 6.45) is -0.660. The van der Waals surface area contributed by atoms with E-state index in [9.17, 15) is 21.6 Å². The van der Waals surface area contributed by atoms with Crippen molar-refractivity contribution in [2.45, 2.75) is 42.8 Å². The van der Waals surface area contributed by atoms with E-state index < -0.39 is 21.8 Å². The van der Waals surface area contributed by atoms with Crippen LogP contribution in [0.2, 0.25) is 0 Å². The van der Waals surface area contributed by atoms with Crippen LogP contribution in [-0.2, 0) is 16.2 Å². The van der Waals surface area contributed by atoms with Crippen LogP contribution in [0, 0.1) is 5.92 Å². The van der Waals surface area contributed by atoms with Crippen LogP contribution in [0.15, 0.2) is 29.2 Å².